The lowest BCUT2D eigenvalue weighted by atomic mass is 10.0. The van der Waals surface area contributed by atoms with E-state index in [1.165, 1.54) is 4.90 Å². The molecule has 1 rings (SSSR count). The van der Waals surface area contributed by atoms with Crippen LogP contribution in [0.5, 0.6) is 0 Å². The zero-order chi connectivity index (χ0) is 16.2. The predicted octanol–water partition coefficient (Wildman–Crippen LogP) is 1.61. The Morgan fingerprint density at radius 1 is 1.29 bits per heavy atom. The van der Waals surface area contributed by atoms with Crippen LogP contribution in [0, 0.1) is 5.92 Å². The number of rotatable bonds is 6. The molecular formula is C15H29N3O3. The second-order valence-electron chi connectivity index (χ2n) is 6.40. The minimum Gasteiger partial charge on any atom is -0.480 e. The third-order valence-corrected chi connectivity index (χ3v) is 4.19. The molecule has 122 valence electrons. The van der Waals surface area contributed by atoms with Crippen LogP contribution in [0.2, 0.25) is 0 Å². The highest BCUT2D eigenvalue weighted by atomic mass is 16.4. The first kappa shape index (κ1) is 17.8. The third kappa shape index (κ3) is 4.59. The van der Waals surface area contributed by atoms with E-state index in [0.29, 0.717) is 25.2 Å². The summed E-state index contributed by atoms with van der Waals surface area (Å²) in [5, 5.41) is 12.1. The molecule has 2 amide bonds. The summed E-state index contributed by atoms with van der Waals surface area (Å²) in [4.78, 5) is 27.2. The molecule has 6 nitrogen and oxygen atoms in total. The molecule has 21 heavy (non-hydrogen) atoms. The molecule has 1 aliphatic rings. The van der Waals surface area contributed by atoms with Crippen molar-refractivity contribution in [1.29, 1.82) is 0 Å². The zero-order valence-corrected chi connectivity index (χ0v) is 13.8. The number of amides is 2. The van der Waals surface area contributed by atoms with Crippen LogP contribution in [0.1, 0.15) is 41.0 Å². The molecule has 0 spiro atoms. The third-order valence-electron chi connectivity index (χ3n) is 4.19. The normalized spacial score (nSPS) is 22.4. The van der Waals surface area contributed by atoms with E-state index < -0.39 is 12.0 Å². The smallest absolute Gasteiger partial charge is 0.326 e. The Morgan fingerprint density at radius 3 is 2.33 bits per heavy atom. The Hall–Kier alpha value is -1.30. The number of hydrogen-bond acceptors (Lipinski definition) is 3. The van der Waals surface area contributed by atoms with Crippen molar-refractivity contribution in [3.8, 4) is 0 Å². The van der Waals surface area contributed by atoms with E-state index in [-0.39, 0.29) is 11.9 Å². The maximum Gasteiger partial charge on any atom is 0.326 e. The van der Waals surface area contributed by atoms with Gasteiger partial charge in [-0.2, -0.15) is 0 Å². The second kappa shape index (κ2) is 7.64. The van der Waals surface area contributed by atoms with Crippen molar-refractivity contribution in [2.45, 2.75) is 59.2 Å². The van der Waals surface area contributed by atoms with Crippen LogP contribution in [0.25, 0.3) is 0 Å². The summed E-state index contributed by atoms with van der Waals surface area (Å²) >= 11 is 0. The van der Waals surface area contributed by atoms with Gasteiger partial charge in [0.1, 0.15) is 6.04 Å². The fourth-order valence-electron chi connectivity index (χ4n) is 3.06. The number of likely N-dealkylation sites (tertiary alicyclic amines) is 1. The van der Waals surface area contributed by atoms with E-state index in [4.69, 9.17) is 0 Å². The van der Waals surface area contributed by atoms with E-state index in [2.05, 4.69) is 37.9 Å². The number of carboxylic acids is 1. The first-order valence-corrected chi connectivity index (χ1v) is 7.78. The van der Waals surface area contributed by atoms with Crippen molar-refractivity contribution in [3.05, 3.63) is 0 Å². The highest BCUT2D eigenvalue weighted by molar-refractivity contribution is 5.83. The maximum absolute atomic E-state index is 12.2. The molecule has 0 saturated carbocycles. The fraction of sp³-hybridized carbons (Fsp3) is 0.867. The summed E-state index contributed by atoms with van der Waals surface area (Å²) < 4.78 is 0. The summed E-state index contributed by atoms with van der Waals surface area (Å²) in [6.45, 7) is 12.2. The quantitative estimate of drug-likeness (QED) is 0.781. The number of urea groups is 1. The minimum absolute atomic E-state index is 0.0103. The van der Waals surface area contributed by atoms with Crippen molar-refractivity contribution in [2.75, 3.05) is 19.6 Å². The van der Waals surface area contributed by atoms with Crippen molar-refractivity contribution < 1.29 is 14.7 Å². The molecule has 2 unspecified atom stereocenters. The van der Waals surface area contributed by atoms with Crippen molar-refractivity contribution >= 4 is 12.0 Å². The van der Waals surface area contributed by atoms with Crippen LogP contribution in [-0.4, -0.2) is 64.7 Å². The SMILES string of the molecule is CC1CCN(C(=O)NCCN(C(C)C)C(C)C)C1C(=O)O. The van der Waals surface area contributed by atoms with Gasteiger partial charge in [0, 0.05) is 31.7 Å². The Labute approximate surface area is 127 Å². The molecule has 1 saturated heterocycles. The standard InChI is InChI=1S/C15H29N3O3/c1-10(2)17(11(3)4)9-7-16-15(21)18-8-6-12(5)13(18)14(19)20/h10-13H,6-9H2,1-5H3,(H,16,21)(H,19,20). The number of carbonyl (C=O) groups excluding carboxylic acids is 1. The molecule has 0 aliphatic carbocycles. The number of aliphatic carboxylic acids is 1. The summed E-state index contributed by atoms with van der Waals surface area (Å²) in [5.74, 6) is -0.905. The van der Waals surface area contributed by atoms with E-state index in [0.717, 1.165) is 13.0 Å². The first-order chi connectivity index (χ1) is 9.75. The van der Waals surface area contributed by atoms with Crippen LogP contribution in [0.15, 0.2) is 0 Å². The van der Waals surface area contributed by atoms with Gasteiger partial charge in [-0.25, -0.2) is 9.59 Å². The van der Waals surface area contributed by atoms with E-state index >= 15 is 0 Å². The van der Waals surface area contributed by atoms with Crippen LogP contribution in [-0.2, 0) is 4.79 Å². The van der Waals surface area contributed by atoms with E-state index in [1.807, 2.05) is 6.92 Å². The number of nitrogens with one attached hydrogen (secondary N) is 1. The Bertz CT molecular complexity index is 363. The van der Waals surface area contributed by atoms with Crippen molar-refractivity contribution in [3.63, 3.8) is 0 Å². The van der Waals surface area contributed by atoms with E-state index in [9.17, 15) is 14.7 Å². The van der Waals surface area contributed by atoms with Gasteiger partial charge in [0.2, 0.25) is 0 Å². The molecule has 0 bridgehead atoms. The van der Waals surface area contributed by atoms with Crippen LogP contribution < -0.4 is 5.32 Å². The van der Waals surface area contributed by atoms with Gasteiger partial charge in [0.25, 0.3) is 0 Å². The Kier molecular flexibility index (Phi) is 6.45. The molecule has 0 aromatic carbocycles. The number of nitrogens with zero attached hydrogens (tertiary/aromatic N) is 2. The fourth-order valence-corrected chi connectivity index (χ4v) is 3.06. The van der Waals surface area contributed by atoms with Crippen molar-refractivity contribution in [2.24, 2.45) is 5.92 Å². The van der Waals surface area contributed by atoms with Crippen LogP contribution in [0.3, 0.4) is 0 Å². The number of carboxylic acid groups (broad SMARTS) is 1. The maximum atomic E-state index is 12.2. The molecule has 1 heterocycles. The highest BCUT2D eigenvalue weighted by Crippen LogP contribution is 2.23. The van der Waals surface area contributed by atoms with Crippen molar-refractivity contribution in [1.82, 2.24) is 15.1 Å². The molecular weight excluding hydrogens is 270 g/mol. The summed E-state index contributed by atoms with van der Waals surface area (Å²) in [5.41, 5.74) is 0. The first-order valence-electron chi connectivity index (χ1n) is 7.78. The van der Waals surface area contributed by atoms with Crippen LogP contribution >= 0.6 is 0 Å². The predicted molar refractivity (Wildman–Crippen MR) is 82.3 cm³/mol. The monoisotopic (exact) mass is 299 g/mol. The van der Waals surface area contributed by atoms with E-state index in [1.54, 1.807) is 0 Å². The second-order valence-corrected chi connectivity index (χ2v) is 6.40. The number of hydrogen-bond donors (Lipinski definition) is 2. The molecule has 0 aromatic heterocycles. The molecule has 2 atom stereocenters. The van der Waals surface area contributed by atoms with Crippen LogP contribution in [0.4, 0.5) is 4.79 Å². The Balaban J connectivity index is 2.49. The summed E-state index contributed by atoms with van der Waals surface area (Å²) in [6, 6.07) is -0.128. The van der Waals surface area contributed by atoms with Gasteiger partial charge in [-0.05, 0) is 40.0 Å². The summed E-state index contributed by atoms with van der Waals surface area (Å²) in [7, 11) is 0. The van der Waals surface area contributed by atoms with Gasteiger partial charge in [0.05, 0.1) is 0 Å². The summed E-state index contributed by atoms with van der Waals surface area (Å²) in [6.07, 6.45) is 0.745. The highest BCUT2D eigenvalue weighted by Gasteiger charge is 2.39. The molecule has 6 heteroatoms. The number of carbonyl (C=O) groups is 2. The lowest BCUT2D eigenvalue weighted by molar-refractivity contribution is -0.142. The minimum atomic E-state index is -0.916. The average Bonchev–Trinajstić information content (AvgIpc) is 2.75. The lowest BCUT2D eigenvalue weighted by Crippen LogP contribution is -2.49. The largest absolute Gasteiger partial charge is 0.480 e. The Morgan fingerprint density at radius 2 is 1.86 bits per heavy atom. The average molecular weight is 299 g/mol. The van der Waals surface area contributed by atoms with Gasteiger partial charge in [0.15, 0.2) is 0 Å². The molecule has 1 aliphatic heterocycles. The molecule has 0 radical (unpaired) electrons. The molecule has 0 aromatic rings. The van der Waals surface area contributed by atoms with Gasteiger partial charge in [-0.1, -0.05) is 6.92 Å². The van der Waals surface area contributed by atoms with Gasteiger partial charge >= 0.3 is 12.0 Å². The topological polar surface area (TPSA) is 72.9 Å². The molecule has 1 fully saturated rings. The molecule has 2 N–H and O–H groups in total. The lowest BCUT2D eigenvalue weighted by Gasteiger charge is -2.31. The zero-order valence-electron chi connectivity index (χ0n) is 13.8. The van der Waals surface area contributed by atoms with Gasteiger partial charge in [-0.3, -0.25) is 4.90 Å². The van der Waals surface area contributed by atoms with Gasteiger partial charge in [-0.15, -0.1) is 0 Å². The van der Waals surface area contributed by atoms with Gasteiger partial charge < -0.3 is 15.3 Å².